The van der Waals surface area contributed by atoms with Gasteiger partial charge in [0.1, 0.15) is 0 Å². The number of unbranched alkanes of at least 4 members (excludes halogenated alkanes) is 1. The Bertz CT molecular complexity index is 1010. The molecule has 4 amide bonds. The number of urea groups is 1. The monoisotopic (exact) mass is 606 g/mol. The number of fused-ring (bicyclic) bond motifs is 1. The smallest absolute Gasteiger partial charge is 0.315 e. The number of hydrazone groups is 1. The van der Waals surface area contributed by atoms with Crippen molar-refractivity contribution in [3.8, 4) is 0 Å². The van der Waals surface area contributed by atoms with Crippen molar-refractivity contribution in [1.82, 2.24) is 21.3 Å². The molecule has 234 valence electrons. The van der Waals surface area contributed by atoms with Crippen molar-refractivity contribution in [2.75, 3.05) is 58.5 Å². The van der Waals surface area contributed by atoms with Crippen molar-refractivity contribution < 1.29 is 28.6 Å². The number of rotatable bonds is 21. The Morgan fingerprint density at radius 3 is 2.19 bits per heavy atom. The van der Waals surface area contributed by atoms with Crippen molar-refractivity contribution in [2.45, 2.75) is 62.8 Å². The number of ether oxygens (including phenoxy) is 3. The quantitative estimate of drug-likeness (QED) is 0.0464. The third kappa shape index (κ3) is 12.2. The molecule has 0 spiro atoms. The van der Waals surface area contributed by atoms with Crippen molar-refractivity contribution in [2.24, 2.45) is 10.9 Å². The number of carbonyl (C=O) groups is 3. The Morgan fingerprint density at radius 1 is 0.905 bits per heavy atom. The summed E-state index contributed by atoms with van der Waals surface area (Å²) in [6, 6.07) is 7.57. The maximum absolute atomic E-state index is 12.2. The van der Waals surface area contributed by atoms with Crippen molar-refractivity contribution in [3.63, 3.8) is 0 Å². The van der Waals surface area contributed by atoms with E-state index in [0.29, 0.717) is 82.1 Å². The second kappa shape index (κ2) is 19.3. The summed E-state index contributed by atoms with van der Waals surface area (Å²) in [6.45, 7) is 6.00. The fraction of sp³-hybridized carbons (Fsp3) is 0.655. The van der Waals surface area contributed by atoms with Gasteiger partial charge in [0.15, 0.2) is 0 Å². The molecule has 42 heavy (non-hydrogen) atoms. The van der Waals surface area contributed by atoms with E-state index in [9.17, 15) is 14.4 Å². The molecule has 1 unspecified atom stereocenters. The van der Waals surface area contributed by atoms with Crippen LogP contribution in [0.15, 0.2) is 29.4 Å². The average molecular weight is 607 g/mol. The summed E-state index contributed by atoms with van der Waals surface area (Å²) >= 11 is 1.91. The van der Waals surface area contributed by atoms with Gasteiger partial charge in [-0.25, -0.2) is 4.79 Å². The second-order valence-electron chi connectivity index (χ2n) is 10.3. The van der Waals surface area contributed by atoms with E-state index in [1.54, 1.807) is 12.1 Å². The van der Waals surface area contributed by atoms with Crippen LogP contribution in [0.2, 0.25) is 0 Å². The maximum Gasteiger partial charge on any atom is 0.315 e. The summed E-state index contributed by atoms with van der Waals surface area (Å²) in [6.07, 6.45) is 4.86. The average Bonchev–Trinajstić information content (AvgIpc) is 3.55. The molecule has 3 rings (SSSR count). The van der Waals surface area contributed by atoms with E-state index in [4.69, 9.17) is 20.1 Å². The molecular weight excluding hydrogens is 560 g/mol. The first kappa shape index (κ1) is 33.6. The molecule has 2 aliphatic heterocycles. The molecule has 1 aromatic rings. The summed E-state index contributed by atoms with van der Waals surface area (Å²) in [4.78, 5) is 35.7. The number of hydrogen-bond acceptors (Lipinski definition) is 9. The van der Waals surface area contributed by atoms with E-state index >= 15 is 0 Å². The van der Waals surface area contributed by atoms with Crippen molar-refractivity contribution in [1.29, 1.82) is 0 Å². The van der Waals surface area contributed by atoms with Crippen molar-refractivity contribution >= 4 is 35.3 Å². The third-order valence-corrected chi connectivity index (χ3v) is 8.63. The number of amides is 4. The Hall–Kier alpha value is -2.87. The number of nitrogens with zero attached hydrogens (tertiary/aromatic N) is 1. The summed E-state index contributed by atoms with van der Waals surface area (Å²) in [5.74, 6) is 6.19. The number of nitrogens with two attached hydrogens (primary N) is 1. The lowest BCUT2D eigenvalue weighted by Gasteiger charge is -2.16. The van der Waals surface area contributed by atoms with E-state index in [1.165, 1.54) is 0 Å². The van der Waals surface area contributed by atoms with Crippen LogP contribution in [0.5, 0.6) is 0 Å². The third-order valence-electron chi connectivity index (χ3n) is 7.12. The normalized spacial score (nSPS) is 19.7. The molecule has 0 bridgehead atoms. The van der Waals surface area contributed by atoms with Gasteiger partial charge in [-0.1, -0.05) is 18.6 Å². The molecule has 12 nitrogen and oxygen atoms in total. The Morgan fingerprint density at radius 2 is 1.52 bits per heavy atom. The van der Waals surface area contributed by atoms with Crippen molar-refractivity contribution in [3.05, 3.63) is 35.4 Å². The SMILES string of the molecule is C/C(=N\N)c1ccc(C(=O)NCCCOCCOCCOCCCNC(=O)CCCCC2SC[C@@H]3NC(=O)N[C@H]23)cc1. The molecule has 0 aromatic heterocycles. The number of nitrogens with one attached hydrogen (secondary N) is 4. The molecule has 2 aliphatic rings. The Kier molecular flexibility index (Phi) is 15.5. The second-order valence-corrected chi connectivity index (χ2v) is 11.6. The van der Waals surface area contributed by atoms with Crippen LogP contribution in [-0.4, -0.2) is 99.4 Å². The van der Waals surface area contributed by atoms with Gasteiger partial charge in [-0.15, -0.1) is 0 Å². The lowest BCUT2D eigenvalue weighted by Crippen LogP contribution is -2.36. The number of carbonyl (C=O) groups excluding carboxylic acids is 3. The van der Waals surface area contributed by atoms with Gasteiger partial charge in [0.2, 0.25) is 5.91 Å². The molecule has 0 radical (unpaired) electrons. The highest BCUT2D eigenvalue weighted by Gasteiger charge is 2.42. The van der Waals surface area contributed by atoms with E-state index in [1.807, 2.05) is 30.8 Å². The molecular formula is C29H46N6O6S. The number of hydrogen-bond donors (Lipinski definition) is 5. The predicted octanol–water partition coefficient (Wildman–Crippen LogP) is 1.77. The molecule has 2 heterocycles. The van der Waals surface area contributed by atoms with Crippen LogP contribution in [0, 0.1) is 0 Å². The molecule has 0 aliphatic carbocycles. The van der Waals surface area contributed by atoms with E-state index in [0.717, 1.165) is 37.0 Å². The lowest BCUT2D eigenvalue weighted by atomic mass is 10.0. The first-order valence-electron chi connectivity index (χ1n) is 14.8. The zero-order valence-electron chi connectivity index (χ0n) is 24.5. The van der Waals surface area contributed by atoms with Crippen LogP contribution in [0.3, 0.4) is 0 Å². The van der Waals surface area contributed by atoms with E-state index in [-0.39, 0.29) is 29.9 Å². The zero-order chi connectivity index (χ0) is 30.0. The van der Waals surface area contributed by atoms with Crippen LogP contribution in [0.1, 0.15) is 61.4 Å². The van der Waals surface area contributed by atoms with Gasteiger partial charge in [0, 0.05) is 49.3 Å². The van der Waals surface area contributed by atoms with Gasteiger partial charge in [0.25, 0.3) is 5.91 Å². The van der Waals surface area contributed by atoms with Crippen LogP contribution in [-0.2, 0) is 19.0 Å². The number of benzene rings is 1. The first-order valence-corrected chi connectivity index (χ1v) is 15.8. The van der Waals surface area contributed by atoms with Crippen LogP contribution < -0.4 is 27.1 Å². The summed E-state index contributed by atoms with van der Waals surface area (Å²) < 4.78 is 16.6. The van der Waals surface area contributed by atoms with Gasteiger partial charge >= 0.3 is 6.03 Å². The fourth-order valence-corrected chi connectivity index (χ4v) is 6.27. The largest absolute Gasteiger partial charge is 0.379 e. The van der Waals surface area contributed by atoms with Gasteiger partial charge in [-0.3, -0.25) is 9.59 Å². The van der Waals surface area contributed by atoms with E-state index < -0.39 is 0 Å². The Labute approximate surface area is 252 Å². The highest BCUT2D eigenvalue weighted by atomic mass is 32.2. The molecule has 0 saturated carbocycles. The zero-order valence-corrected chi connectivity index (χ0v) is 25.3. The van der Waals surface area contributed by atoms with Crippen LogP contribution in [0.25, 0.3) is 0 Å². The first-order chi connectivity index (χ1) is 20.5. The highest BCUT2D eigenvalue weighted by molar-refractivity contribution is 8.00. The topological polar surface area (TPSA) is 165 Å². The standard InChI is InChI=1S/C29H46N6O6S/c1-21(35-30)22-8-10-23(11-9-22)28(37)32-13-5-15-40-17-19-41-18-16-39-14-4-12-31-26(36)7-3-2-6-25-27-24(20-42-25)33-29(38)34-27/h8-11,24-25,27H,2-7,12-20,30H2,1H3,(H,31,36)(H,32,37)(H2,33,34,38)/b35-21+/t24-,25?,27-/m0/s1. The summed E-state index contributed by atoms with van der Waals surface area (Å²) in [7, 11) is 0. The molecule has 2 saturated heterocycles. The minimum Gasteiger partial charge on any atom is -0.379 e. The minimum absolute atomic E-state index is 0.0575. The molecule has 13 heteroatoms. The predicted molar refractivity (Wildman–Crippen MR) is 164 cm³/mol. The van der Waals surface area contributed by atoms with Gasteiger partial charge < -0.3 is 41.3 Å². The molecule has 3 atom stereocenters. The summed E-state index contributed by atoms with van der Waals surface area (Å²) in [5.41, 5.74) is 2.18. The van der Waals surface area contributed by atoms with Gasteiger partial charge in [-0.2, -0.15) is 16.9 Å². The fourth-order valence-electron chi connectivity index (χ4n) is 4.72. The number of thioether (sulfide) groups is 1. The van der Waals surface area contributed by atoms with Crippen LogP contribution >= 0.6 is 11.8 Å². The van der Waals surface area contributed by atoms with Gasteiger partial charge in [0.05, 0.1) is 44.2 Å². The minimum atomic E-state index is -0.127. The highest BCUT2D eigenvalue weighted by Crippen LogP contribution is 2.33. The van der Waals surface area contributed by atoms with E-state index in [2.05, 4.69) is 26.4 Å². The van der Waals surface area contributed by atoms with Crippen LogP contribution in [0.4, 0.5) is 4.79 Å². The molecule has 2 fully saturated rings. The molecule has 6 N–H and O–H groups in total. The Balaban J connectivity index is 1.03. The maximum atomic E-state index is 12.2. The summed E-state index contributed by atoms with van der Waals surface area (Å²) in [5, 5.41) is 15.9. The van der Waals surface area contributed by atoms with Gasteiger partial charge in [-0.05, 0) is 50.3 Å². The lowest BCUT2D eigenvalue weighted by molar-refractivity contribution is -0.121. The molecule has 1 aromatic carbocycles.